The smallest absolute Gasteiger partial charge is 0.310 e. The van der Waals surface area contributed by atoms with Crippen LogP contribution in [0.1, 0.15) is 78.1 Å². The average Bonchev–Trinajstić information content (AvgIpc) is 3.52. The second-order valence-corrected chi connectivity index (χ2v) is 13.1. The van der Waals surface area contributed by atoms with Gasteiger partial charge in [-0.15, -0.1) is 24.9 Å². The molecule has 2 amide bonds. The molecule has 1 aliphatic carbocycles. The molecule has 8 heteroatoms. The van der Waals surface area contributed by atoms with Crippen molar-refractivity contribution < 1.29 is 24.2 Å². The Labute approximate surface area is 232 Å². The van der Waals surface area contributed by atoms with Gasteiger partial charge in [0.1, 0.15) is 6.04 Å². The lowest BCUT2D eigenvalue weighted by atomic mass is 9.66. The number of ether oxygens (including phenoxy) is 1. The molecule has 4 fully saturated rings. The molecular weight excluding hydrogens is 500 g/mol. The molecular formula is C30H46N2O5S. The van der Waals surface area contributed by atoms with Crippen molar-refractivity contribution in [1.82, 2.24) is 9.80 Å². The summed E-state index contributed by atoms with van der Waals surface area (Å²) >= 11 is 1.67. The molecule has 0 aromatic rings. The van der Waals surface area contributed by atoms with Crippen molar-refractivity contribution in [3.05, 3.63) is 25.3 Å². The Bertz CT molecular complexity index is 901. The number of esters is 1. The summed E-state index contributed by atoms with van der Waals surface area (Å²) < 4.78 is 5.03. The largest absolute Gasteiger partial charge is 0.465 e. The van der Waals surface area contributed by atoms with Gasteiger partial charge in [-0.25, -0.2) is 0 Å². The Morgan fingerprint density at radius 2 is 1.97 bits per heavy atom. The maximum atomic E-state index is 14.6. The first kappa shape index (κ1) is 29.2. The molecule has 38 heavy (non-hydrogen) atoms. The van der Waals surface area contributed by atoms with Crippen LogP contribution in [0, 0.1) is 17.8 Å². The number of aliphatic hydroxyl groups excluding tert-OH is 1. The van der Waals surface area contributed by atoms with E-state index < -0.39 is 28.7 Å². The Hall–Kier alpha value is -1.80. The highest BCUT2D eigenvalue weighted by Gasteiger charge is 2.77. The summed E-state index contributed by atoms with van der Waals surface area (Å²) in [4.78, 5) is 46.0. The van der Waals surface area contributed by atoms with Crippen molar-refractivity contribution in [1.29, 1.82) is 0 Å². The lowest BCUT2D eigenvalue weighted by Crippen LogP contribution is -2.60. The summed E-state index contributed by atoms with van der Waals surface area (Å²) in [6.07, 6.45) is 12.8. The molecule has 3 unspecified atom stereocenters. The van der Waals surface area contributed by atoms with Crippen LogP contribution in [-0.2, 0) is 19.1 Å². The topological polar surface area (TPSA) is 87.1 Å². The number of allylic oxidation sites excluding steroid dienone is 1. The number of hydrogen-bond donors (Lipinski definition) is 1. The minimum Gasteiger partial charge on any atom is -0.465 e. The van der Waals surface area contributed by atoms with E-state index in [9.17, 15) is 19.5 Å². The molecule has 0 aromatic carbocycles. The van der Waals surface area contributed by atoms with E-state index in [0.717, 1.165) is 51.4 Å². The van der Waals surface area contributed by atoms with Crippen LogP contribution in [0.2, 0.25) is 0 Å². The summed E-state index contributed by atoms with van der Waals surface area (Å²) in [5.74, 6) is -1.58. The number of carbonyl (C=O) groups excluding carboxylic acids is 3. The van der Waals surface area contributed by atoms with Gasteiger partial charge < -0.3 is 19.6 Å². The zero-order chi connectivity index (χ0) is 27.4. The minimum atomic E-state index is -0.700. The molecule has 7 atom stereocenters. The van der Waals surface area contributed by atoms with Crippen molar-refractivity contribution in [2.24, 2.45) is 17.8 Å². The summed E-state index contributed by atoms with van der Waals surface area (Å²) in [6.45, 7) is 12.3. The highest BCUT2D eigenvalue weighted by atomic mass is 32.2. The van der Waals surface area contributed by atoms with Crippen molar-refractivity contribution in [3.63, 3.8) is 0 Å². The Kier molecular flexibility index (Phi) is 9.67. The summed E-state index contributed by atoms with van der Waals surface area (Å²) in [5, 5.41) is 10.3. The van der Waals surface area contributed by atoms with Gasteiger partial charge in [-0.05, 0) is 50.9 Å². The van der Waals surface area contributed by atoms with Crippen molar-refractivity contribution in [2.45, 2.75) is 106 Å². The molecule has 4 rings (SSSR count). The summed E-state index contributed by atoms with van der Waals surface area (Å²) in [7, 11) is 0. The molecule has 4 aliphatic rings. The van der Waals surface area contributed by atoms with Gasteiger partial charge in [0.05, 0.1) is 35.8 Å². The standard InChI is InChI=1S/C30H46N2O5S/c1-5-8-9-13-17-37-29(36)24-23-18-20(4)30(38-23)25(24)27(34)32(21(7-3)19-33)26(30)28(35)31(16-6-2)22-14-11-10-12-15-22/h5-6,20-26,33H,1-2,7-19H2,3-4H3/t20?,21-,23+,24-,25-,26?,30?/m0/s1. The molecule has 0 radical (unpaired) electrons. The summed E-state index contributed by atoms with van der Waals surface area (Å²) in [5.41, 5.74) is 0. The van der Waals surface area contributed by atoms with Crippen molar-refractivity contribution in [2.75, 3.05) is 19.8 Å². The van der Waals surface area contributed by atoms with E-state index in [2.05, 4.69) is 20.1 Å². The number of thioether (sulfide) groups is 1. The van der Waals surface area contributed by atoms with E-state index in [1.165, 1.54) is 6.42 Å². The quantitative estimate of drug-likeness (QED) is 0.210. The van der Waals surface area contributed by atoms with Gasteiger partial charge in [0.15, 0.2) is 0 Å². The zero-order valence-corrected chi connectivity index (χ0v) is 24.0. The molecule has 7 nitrogen and oxygen atoms in total. The number of carbonyl (C=O) groups is 3. The van der Waals surface area contributed by atoms with Gasteiger partial charge in [0, 0.05) is 17.8 Å². The third kappa shape index (κ3) is 4.96. The number of hydrogen-bond acceptors (Lipinski definition) is 6. The number of amides is 2. The van der Waals surface area contributed by atoms with Gasteiger partial charge in [0.2, 0.25) is 11.8 Å². The Morgan fingerprint density at radius 1 is 1.24 bits per heavy atom. The predicted molar refractivity (Wildman–Crippen MR) is 150 cm³/mol. The van der Waals surface area contributed by atoms with Crippen LogP contribution in [0.4, 0.5) is 0 Å². The van der Waals surface area contributed by atoms with Gasteiger partial charge in [-0.3, -0.25) is 14.4 Å². The van der Waals surface area contributed by atoms with Crippen LogP contribution in [-0.4, -0.2) is 80.6 Å². The first-order valence-electron chi connectivity index (χ1n) is 14.7. The fourth-order valence-electron chi connectivity index (χ4n) is 7.58. The second-order valence-electron chi connectivity index (χ2n) is 11.6. The minimum absolute atomic E-state index is 0.0335. The number of unbranched alkanes of at least 4 members (excludes halogenated alkanes) is 2. The van der Waals surface area contributed by atoms with Gasteiger partial charge in [0.25, 0.3) is 0 Å². The van der Waals surface area contributed by atoms with Crippen LogP contribution in [0.3, 0.4) is 0 Å². The fraction of sp³-hybridized carbons (Fsp3) is 0.767. The van der Waals surface area contributed by atoms with E-state index in [0.29, 0.717) is 19.6 Å². The normalized spacial score (nSPS) is 33.2. The average molecular weight is 547 g/mol. The first-order valence-corrected chi connectivity index (χ1v) is 15.5. The SMILES string of the molecule is C=CCCCCOC(=O)[C@@H]1[C@H]2C(=O)N([C@@H](CC)CO)C(C(=O)N(CC=C)C3CCCCC3)C23S[C@@H]1CC3C. The third-order valence-corrected chi connectivity index (χ3v) is 11.5. The van der Waals surface area contributed by atoms with Gasteiger partial charge in [-0.2, -0.15) is 0 Å². The molecule has 212 valence electrons. The van der Waals surface area contributed by atoms with Crippen LogP contribution in [0.25, 0.3) is 0 Å². The molecule has 1 N–H and O–H groups in total. The van der Waals surface area contributed by atoms with Gasteiger partial charge in [-0.1, -0.05) is 45.3 Å². The van der Waals surface area contributed by atoms with Crippen molar-refractivity contribution in [3.8, 4) is 0 Å². The highest BCUT2D eigenvalue weighted by molar-refractivity contribution is 8.02. The van der Waals surface area contributed by atoms with Crippen LogP contribution in [0.15, 0.2) is 25.3 Å². The first-order chi connectivity index (χ1) is 18.4. The van der Waals surface area contributed by atoms with E-state index in [1.807, 2.05) is 17.9 Å². The van der Waals surface area contributed by atoms with Crippen LogP contribution in [0.5, 0.6) is 0 Å². The Balaban J connectivity index is 1.68. The predicted octanol–water partition coefficient (Wildman–Crippen LogP) is 4.34. The fourth-order valence-corrected chi connectivity index (χ4v) is 9.97. The maximum Gasteiger partial charge on any atom is 0.310 e. The molecule has 1 spiro atoms. The number of rotatable bonds is 13. The lowest BCUT2D eigenvalue weighted by Gasteiger charge is -2.44. The number of fused-ring (bicyclic) bond motifs is 1. The summed E-state index contributed by atoms with van der Waals surface area (Å²) in [6, 6.07) is -1.03. The van der Waals surface area contributed by atoms with Crippen LogP contribution < -0.4 is 0 Å². The Morgan fingerprint density at radius 3 is 2.61 bits per heavy atom. The maximum absolute atomic E-state index is 14.6. The van der Waals surface area contributed by atoms with Crippen LogP contribution >= 0.6 is 11.8 Å². The van der Waals surface area contributed by atoms with E-state index >= 15 is 0 Å². The molecule has 0 aromatic heterocycles. The molecule has 3 aliphatic heterocycles. The van der Waals surface area contributed by atoms with E-state index in [1.54, 1.807) is 22.7 Å². The third-order valence-electron chi connectivity index (χ3n) is 9.44. The molecule has 1 saturated carbocycles. The second kappa shape index (κ2) is 12.6. The number of nitrogens with zero attached hydrogens (tertiary/aromatic N) is 2. The highest BCUT2D eigenvalue weighted by Crippen LogP contribution is 2.69. The van der Waals surface area contributed by atoms with E-state index in [4.69, 9.17) is 4.74 Å². The lowest BCUT2D eigenvalue weighted by molar-refractivity contribution is -0.155. The number of aliphatic hydroxyl groups is 1. The van der Waals surface area contributed by atoms with Crippen molar-refractivity contribution >= 4 is 29.5 Å². The zero-order valence-electron chi connectivity index (χ0n) is 23.2. The molecule has 3 heterocycles. The number of likely N-dealkylation sites (tertiary alicyclic amines) is 1. The monoisotopic (exact) mass is 546 g/mol. The van der Waals surface area contributed by atoms with E-state index in [-0.39, 0.29) is 41.6 Å². The molecule has 2 bridgehead atoms. The molecule has 3 saturated heterocycles. The van der Waals surface area contributed by atoms with Gasteiger partial charge >= 0.3 is 5.97 Å².